The van der Waals surface area contributed by atoms with Gasteiger partial charge in [0.1, 0.15) is 0 Å². The number of hydrogen-bond acceptors (Lipinski definition) is 2. The van der Waals surface area contributed by atoms with Crippen molar-refractivity contribution in [2.24, 2.45) is 27.9 Å². The number of fused-ring (bicyclic) bond motifs is 4. The molecule has 156 valence electrons. The Balaban J connectivity index is 1.58. The van der Waals surface area contributed by atoms with E-state index in [-0.39, 0.29) is 5.41 Å². The molecule has 1 heterocycles. The molecular formula is C26H42N2. The predicted octanol–water partition coefficient (Wildman–Crippen LogP) is 5.61. The SMILES string of the molecule is CC1CC(C)(CN2CCC(N)C(C)(C)C2)C[C@]2(c3ccccc3)C[C@@](C)(C1)C2. The van der Waals surface area contributed by atoms with Crippen LogP contribution in [0.1, 0.15) is 78.7 Å². The van der Waals surface area contributed by atoms with E-state index in [0.29, 0.717) is 22.3 Å². The Hall–Kier alpha value is -0.860. The summed E-state index contributed by atoms with van der Waals surface area (Å²) in [5, 5.41) is 0. The highest BCUT2D eigenvalue weighted by Gasteiger charge is 2.57. The van der Waals surface area contributed by atoms with Gasteiger partial charge >= 0.3 is 0 Å². The first-order valence-corrected chi connectivity index (χ1v) is 11.6. The number of nitrogens with two attached hydrogens (primary N) is 1. The summed E-state index contributed by atoms with van der Waals surface area (Å²) in [6.07, 6.45) is 7.99. The summed E-state index contributed by atoms with van der Waals surface area (Å²) >= 11 is 0. The van der Waals surface area contributed by atoms with Gasteiger partial charge in [0, 0.05) is 19.1 Å². The highest BCUT2D eigenvalue weighted by Crippen LogP contribution is 2.65. The van der Waals surface area contributed by atoms with Gasteiger partial charge in [-0.25, -0.2) is 0 Å². The van der Waals surface area contributed by atoms with Crippen molar-refractivity contribution in [3.63, 3.8) is 0 Å². The standard InChI is InChI=1S/C26H42N2/c1-20-13-24(4)15-26(16-24,21-9-7-6-8-10-21)17-25(5,14-20)19-28-12-11-22(27)23(2,3)18-28/h6-10,20,22H,11-19,27H2,1-5H3/t20?,22?,24-,25?,26+. The van der Waals surface area contributed by atoms with Crippen molar-refractivity contribution in [1.29, 1.82) is 0 Å². The normalized spacial score (nSPS) is 43.6. The van der Waals surface area contributed by atoms with Gasteiger partial charge in [-0.3, -0.25) is 0 Å². The largest absolute Gasteiger partial charge is 0.327 e. The summed E-state index contributed by atoms with van der Waals surface area (Å²) in [5.74, 6) is 0.823. The van der Waals surface area contributed by atoms with E-state index in [1.165, 1.54) is 45.2 Å². The molecule has 2 heteroatoms. The average Bonchev–Trinajstić information content (AvgIpc) is 2.55. The zero-order valence-corrected chi connectivity index (χ0v) is 18.9. The molecule has 1 saturated heterocycles. The van der Waals surface area contributed by atoms with E-state index >= 15 is 0 Å². The van der Waals surface area contributed by atoms with Crippen LogP contribution in [0.15, 0.2) is 30.3 Å². The number of nitrogens with zero attached hydrogens (tertiary/aromatic N) is 1. The molecule has 1 aliphatic heterocycles. The van der Waals surface area contributed by atoms with Crippen LogP contribution < -0.4 is 5.73 Å². The third kappa shape index (κ3) is 3.79. The molecule has 28 heavy (non-hydrogen) atoms. The lowest BCUT2D eigenvalue weighted by atomic mass is 9.43. The Kier molecular flexibility index (Phi) is 4.99. The Bertz CT molecular complexity index is 688. The van der Waals surface area contributed by atoms with E-state index in [0.717, 1.165) is 18.9 Å². The maximum Gasteiger partial charge on any atom is 0.0115 e. The maximum absolute atomic E-state index is 6.42. The summed E-state index contributed by atoms with van der Waals surface area (Å²) in [6, 6.07) is 11.8. The number of piperidine rings is 1. The molecule has 4 fully saturated rings. The van der Waals surface area contributed by atoms with Crippen LogP contribution in [-0.4, -0.2) is 30.6 Å². The monoisotopic (exact) mass is 382 g/mol. The van der Waals surface area contributed by atoms with E-state index in [4.69, 9.17) is 5.73 Å². The van der Waals surface area contributed by atoms with Crippen LogP contribution in [0.2, 0.25) is 0 Å². The number of rotatable bonds is 3. The van der Waals surface area contributed by atoms with Crippen LogP contribution in [0.25, 0.3) is 0 Å². The fourth-order valence-corrected chi connectivity index (χ4v) is 7.87. The van der Waals surface area contributed by atoms with Crippen molar-refractivity contribution in [3.8, 4) is 0 Å². The average molecular weight is 383 g/mol. The van der Waals surface area contributed by atoms with E-state index in [1.807, 2.05) is 0 Å². The smallest absolute Gasteiger partial charge is 0.0115 e. The fraction of sp³-hybridized carbons (Fsp3) is 0.769. The van der Waals surface area contributed by atoms with Crippen LogP contribution in [0, 0.1) is 22.2 Å². The molecule has 0 radical (unpaired) electrons. The second kappa shape index (κ2) is 6.84. The molecule has 5 rings (SSSR count). The fourth-order valence-electron chi connectivity index (χ4n) is 7.87. The van der Waals surface area contributed by atoms with Crippen LogP contribution in [0.3, 0.4) is 0 Å². The Morgan fingerprint density at radius 1 is 1.00 bits per heavy atom. The van der Waals surface area contributed by atoms with Gasteiger partial charge in [-0.2, -0.15) is 0 Å². The maximum atomic E-state index is 6.42. The quantitative estimate of drug-likeness (QED) is 0.736. The lowest BCUT2D eigenvalue weighted by Crippen LogP contribution is -2.57. The molecular weight excluding hydrogens is 340 g/mol. The lowest BCUT2D eigenvalue weighted by Gasteiger charge is -2.62. The molecule has 4 aliphatic rings. The van der Waals surface area contributed by atoms with Gasteiger partial charge in [0.15, 0.2) is 0 Å². The van der Waals surface area contributed by atoms with Crippen molar-refractivity contribution < 1.29 is 0 Å². The molecule has 1 aromatic rings. The van der Waals surface area contributed by atoms with E-state index < -0.39 is 0 Å². The molecule has 3 saturated carbocycles. The Morgan fingerprint density at radius 3 is 2.32 bits per heavy atom. The van der Waals surface area contributed by atoms with Gasteiger partial charge in [0.25, 0.3) is 0 Å². The van der Waals surface area contributed by atoms with E-state index in [9.17, 15) is 0 Å². The summed E-state index contributed by atoms with van der Waals surface area (Å²) < 4.78 is 0. The highest BCUT2D eigenvalue weighted by molar-refractivity contribution is 5.31. The summed E-state index contributed by atoms with van der Waals surface area (Å²) in [7, 11) is 0. The van der Waals surface area contributed by atoms with Crippen molar-refractivity contribution in [2.75, 3.05) is 19.6 Å². The zero-order chi connectivity index (χ0) is 20.2. The predicted molar refractivity (Wildman–Crippen MR) is 119 cm³/mol. The lowest BCUT2D eigenvalue weighted by molar-refractivity contribution is -0.0604. The summed E-state index contributed by atoms with van der Waals surface area (Å²) in [6.45, 7) is 15.9. The molecule has 2 nitrogen and oxygen atoms in total. The summed E-state index contributed by atoms with van der Waals surface area (Å²) in [4.78, 5) is 2.74. The van der Waals surface area contributed by atoms with Crippen LogP contribution in [0.4, 0.5) is 0 Å². The third-order valence-electron chi connectivity index (χ3n) is 8.36. The first kappa shape index (κ1) is 20.4. The molecule has 2 bridgehead atoms. The van der Waals surface area contributed by atoms with Gasteiger partial charge in [-0.05, 0) is 78.2 Å². The molecule has 3 atom stereocenters. The van der Waals surface area contributed by atoms with Gasteiger partial charge in [0.2, 0.25) is 0 Å². The molecule has 0 spiro atoms. The molecule has 0 amide bonds. The zero-order valence-electron chi connectivity index (χ0n) is 18.9. The second-order valence-corrected chi connectivity index (χ2v) is 12.4. The molecule has 1 aromatic carbocycles. The molecule has 3 unspecified atom stereocenters. The van der Waals surface area contributed by atoms with Gasteiger partial charge < -0.3 is 10.6 Å². The molecule has 2 N–H and O–H groups in total. The minimum Gasteiger partial charge on any atom is -0.327 e. The number of benzene rings is 1. The van der Waals surface area contributed by atoms with E-state index in [2.05, 4.69) is 69.9 Å². The first-order valence-electron chi connectivity index (χ1n) is 11.6. The minimum atomic E-state index is 0.230. The molecule has 3 aliphatic carbocycles. The van der Waals surface area contributed by atoms with E-state index in [1.54, 1.807) is 5.56 Å². The summed E-state index contributed by atoms with van der Waals surface area (Å²) in [5.41, 5.74) is 9.57. The highest BCUT2D eigenvalue weighted by atomic mass is 15.2. The van der Waals surface area contributed by atoms with Crippen molar-refractivity contribution in [2.45, 2.75) is 84.6 Å². The second-order valence-electron chi connectivity index (χ2n) is 12.4. The first-order chi connectivity index (χ1) is 13.0. The van der Waals surface area contributed by atoms with Crippen molar-refractivity contribution in [1.82, 2.24) is 4.90 Å². The number of likely N-dealkylation sites (tertiary alicyclic amines) is 1. The van der Waals surface area contributed by atoms with Crippen LogP contribution in [0.5, 0.6) is 0 Å². The van der Waals surface area contributed by atoms with Crippen molar-refractivity contribution >= 4 is 0 Å². The topological polar surface area (TPSA) is 29.3 Å². The van der Waals surface area contributed by atoms with Crippen LogP contribution >= 0.6 is 0 Å². The number of hydrogen-bond donors (Lipinski definition) is 1. The van der Waals surface area contributed by atoms with Crippen LogP contribution in [-0.2, 0) is 5.41 Å². The minimum absolute atomic E-state index is 0.230. The third-order valence-corrected chi connectivity index (χ3v) is 8.36. The Labute approximate surface area is 173 Å². The van der Waals surface area contributed by atoms with Crippen molar-refractivity contribution in [3.05, 3.63) is 35.9 Å². The Morgan fingerprint density at radius 2 is 1.68 bits per heavy atom. The van der Waals surface area contributed by atoms with Gasteiger partial charge in [-0.1, -0.05) is 65.0 Å². The van der Waals surface area contributed by atoms with Gasteiger partial charge in [0.05, 0.1) is 0 Å². The molecule has 0 aromatic heterocycles. The van der Waals surface area contributed by atoms with Gasteiger partial charge in [-0.15, -0.1) is 0 Å².